The Morgan fingerprint density at radius 3 is 2.83 bits per heavy atom. The summed E-state index contributed by atoms with van der Waals surface area (Å²) in [4.78, 5) is 15.0. The van der Waals surface area contributed by atoms with Crippen LogP contribution in [0.1, 0.15) is 10.4 Å². The minimum atomic E-state index is -4.21. The Balaban J connectivity index is 2.11. The van der Waals surface area contributed by atoms with Gasteiger partial charge in [0.05, 0.1) is 27.5 Å². The van der Waals surface area contributed by atoms with Gasteiger partial charge in [-0.25, -0.2) is 14.2 Å². The Hall–Kier alpha value is -2.59. The van der Waals surface area contributed by atoms with E-state index in [9.17, 15) is 17.6 Å². The zero-order chi connectivity index (χ0) is 16.6. The summed E-state index contributed by atoms with van der Waals surface area (Å²) in [6, 6.07) is 4.32. The van der Waals surface area contributed by atoms with Gasteiger partial charge in [0, 0.05) is 6.20 Å². The van der Waals surface area contributed by atoms with Gasteiger partial charge in [-0.15, -0.1) is 0 Å². The summed E-state index contributed by atoms with van der Waals surface area (Å²) in [5.41, 5.74) is -0.745. The second kappa shape index (κ2) is 5.56. The number of hydrogen-bond acceptors (Lipinski definition) is 6. The van der Waals surface area contributed by atoms with Crippen LogP contribution < -0.4 is 4.72 Å². The van der Waals surface area contributed by atoms with E-state index in [0.29, 0.717) is 10.1 Å². The fraction of sp³-hybridized carbons (Fsp3) is 0. The molecule has 10 heteroatoms. The maximum absolute atomic E-state index is 13.3. The number of nitrogens with zero attached hydrogens (tertiary/aromatic N) is 2. The molecule has 0 unspecified atom stereocenters. The molecule has 2 aromatic heterocycles. The normalized spacial score (nSPS) is 11.5. The predicted molar refractivity (Wildman–Crippen MR) is 81.6 cm³/mol. The monoisotopic (exact) mass is 353 g/mol. The van der Waals surface area contributed by atoms with Gasteiger partial charge in [0.1, 0.15) is 5.82 Å². The Bertz CT molecular complexity index is 1020. The van der Waals surface area contributed by atoms with E-state index in [1.54, 1.807) is 6.07 Å². The Morgan fingerprint density at radius 1 is 1.30 bits per heavy atom. The summed E-state index contributed by atoms with van der Waals surface area (Å²) in [6.07, 6.45) is 2.66. The van der Waals surface area contributed by atoms with Crippen LogP contribution in [0.5, 0.6) is 0 Å². The van der Waals surface area contributed by atoms with Gasteiger partial charge in [-0.1, -0.05) is 0 Å². The number of anilines is 1. The summed E-state index contributed by atoms with van der Waals surface area (Å²) in [5, 5.41) is 9.08. The fourth-order valence-corrected chi connectivity index (χ4v) is 3.88. The minimum absolute atomic E-state index is 0.302. The van der Waals surface area contributed by atoms with Crippen molar-refractivity contribution in [1.29, 1.82) is 0 Å². The van der Waals surface area contributed by atoms with Gasteiger partial charge in [-0.2, -0.15) is 12.8 Å². The van der Waals surface area contributed by atoms with Crippen molar-refractivity contribution in [2.75, 3.05) is 4.72 Å². The topological polar surface area (TPSA) is 109 Å². The third kappa shape index (κ3) is 2.85. The number of fused-ring (bicyclic) bond motifs is 1. The van der Waals surface area contributed by atoms with Crippen molar-refractivity contribution >= 4 is 43.3 Å². The highest BCUT2D eigenvalue weighted by Crippen LogP contribution is 2.26. The average Bonchev–Trinajstić information content (AvgIpc) is 2.94. The third-order valence-corrected chi connectivity index (χ3v) is 5.04. The third-order valence-electron chi connectivity index (χ3n) is 2.96. The van der Waals surface area contributed by atoms with Gasteiger partial charge in [-0.05, 0) is 35.8 Å². The van der Waals surface area contributed by atoms with Gasteiger partial charge < -0.3 is 5.11 Å². The molecule has 0 spiro atoms. The van der Waals surface area contributed by atoms with Crippen LogP contribution in [-0.2, 0) is 10.0 Å². The number of pyridine rings is 1. The van der Waals surface area contributed by atoms with Crippen LogP contribution in [0.4, 0.5) is 10.1 Å². The molecule has 0 aliphatic carbocycles. The molecule has 0 fully saturated rings. The number of halogens is 1. The summed E-state index contributed by atoms with van der Waals surface area (Å²) in [5.74, 6) is -2.15. The second-order valence-corrected chi connectivity index (χ2v) is 6.89. The van der Waals surface area contributed by atoms with Crippen LogP contribution in [0.2, 0.25) is 0 Å². The van der Waals surface area contributed by atoms with Crippen LogP contribution in [0.3, 0.4) is 0 Å². The van der Waals surface area contributed by atoms with Gasteiger partial charge >= 0.3 is 5.97 Å². The Kier molecular flexibility index (Phi) is 3.70. The molecule has 3 rings (SSSR count). The number of sulfonamides is 1. The first-order chi connectivity index (χ1) is 10.9. The Morgan fingerprint density at radius 2 is 2.09 bits per heavy atom. The van der Waals surface area contributed by atoms with E-state index >= 15 is 0 Å². The van der Waals surface area contributed by atoms with E-state index < -0.39 is 21.8 Å². The molecule has 118 valence electrons. The molecule has 23 heavy (non-hydrogen) atoms. The molecular weight excluding hydrogens is 345 g/mol. The number of carbonyl (C=O) groups is 1. The molecule has 0 amide bonds. The highest BCUT2D eigenvalue weighted by atomic mass is 32.2. The summed E-state index contributed by atoms with van der Waals surface area (Å²) < 4.78 is 44.9. The number of rotatable bonds is 4. The number of hydrogen-bond donors (Lipinski definition) is 2. The van der Waals surface area contributed by atoms with E-state index in [0.717, 1.165) is 29.7 Å². The second-order valence-electron chi connectivity index (χ2n) is 4.45. The molecule has 0 saturated heterocycles. The molecule has 0 aliphatic heterocycles. The summed E-state index contributed by atoms with van der Waals surface area (Å²) in [6.45, 7) is 0. The maximum Gasteiger partial charge on any atom is 0.337 e. The lowest BCUT2D eigenvalue weighted by atomic mass is 10.2. The number of benzene rings is 1. The van der Waals surface area contributed by atoms with Crippen molar-refractivity contribution in [3.8, 4) is 0 Å². The first-order valence-corrected chi connectivity index (χ1v) is 8.39. The van der Waals surface area contributed by atoms with E-state index in [-0.39, 0.29) is 16.3 Å². The lowest BCUT2D eigenvalue weighted by Gasteiger charge is -2.10. The largest absolute Gasteiger partial charge is 0.478 e. The molecule has 3 aromatic rings. The quantitative estimate of drug-likeness (QED) is 0.745. The average molecular weight is 353 g/mol. The first kappa shape index (κ1) is 15.3. The van der Waals surface area contributed by atoms with E-state index in [1.807, 2.05) is 0 Å². The number of aromatic nitrogens is 2. The smallest absolute Gasteiger partial charge is 0.337 e. The molecule has 0 radical (unpaired) electrons. The molecule has 2 N–H and O–H groups in total. The van der Waals surface area contributed by atoms with Crippen molar-refractivity contribution in [1.82, 2.24) is 9.36 Å². The maximum atomic E-state index is 13.3. The molecule has 1 aromatic carbocycles. The van der Waals surface area contributed by atoms with Crippen molar-refractivity contribution in [2.45, 2.75) is 5.03 Å². The van der Waals surface area contributed by atoms with Crippen LogP contribution in [-0.4, -0.2) is 28.9 Å². The SMILES string of the molecule is O=C(O)c1ccc(F)cc1NS(=O)(=O)c1nccc2sncc12. The zero-order valence-electron chi connectivity index (χ0n) is 11.2. The lowest BCUT2D eigenvalue weighted by molar-refractivity contribution is 0.0698. The van der Waals surface area contributed by atoms with Gasteiger partial charge in [0.25, 0.3) is 10.0 Å². The predicted octanol–water partition coefficient (Wildman–Crippen LogP) is 2.33. The standard InChI is InChI=1S/C13H8FN3O4S2/c14-7-1-2-8(13(18)19)10(5-7)17-23(20,21)12-9-6-16-22-11(9)3-4-15-12/h1-6,17H,(H,18,19). The van der Waals surface area contributed by atoms with E-state index in [2.05, 4.69) is 14.1 Å². The van der Waals surface area contributed by atoms with Crippen molar-refractivity contribution in [3.05, 3.63) is 48.0 Å². The molecule has 7 nitrogen and oxygen atoms in total. The van der Waals surface area contributed by atoms with E-state index in [1.165, 1.54) is 12.4 Å². The lowest BCUT2D eigenvalue weighted by Crippen LogP contribution is -2.17. The molecule has 0 atom stereocenters. The molecule has 0 aliphatic rings. The minimum Gasteiger partial charge on any atom is -0.478 e. The number of aromatic carboxylic acids is 1. The first-order valence-electron chi connectivity index (χ1n) is 6.13. The summed E-state index contributed by atoms with van der Waals surface area (Å²) in [7, 11) is -4.21. The summed E-state index contributed by atoms with van der Waals surface area (Å²) >= 11 is 1.10. The van der Waals surface area contributed by atoms with Crippen LogP contribution in [0, 0.1) is 5.82 Å². The molecule has 0 bridgehead atoms. The number of carboxylic acids is 1. The van der Waals surface area contributed by atoms with Crippen molar-refractivity contribution in [2.24, 2.45) is 0 Å². The molecular formula is C13H8FN3O4S2. The van der Waals surface area contributed by atoms with Gasteiger partial charge in [0.15, 0.2) is 5.03 Å². The molecule has 2 heterocycles. The Labute approximate surface area is 133 Å². The zero-order valence-corrected chi connectivity index (χ0v) is 12.9. The van der Waals surface area contributed by atoms with Crippen LogP contribution >= 0.6 is 11.5 Å². The van der Waals surface area contributed by atoms with Crippen LogP contribution in [0.15, 0.2) is 41.7 Å². The van der Waals surface area contributed by atoms with Gasteiger partial charge in [-0.3, -0.25) is 4.72 Å². The van der Waals surface area contributed by atoms with Gasteiger partial charge in [0.2, 0.25) is 0 Å². The molecule has 0 saturated carbocycles. The number of carboxylic acid groups (broad SMARTS) is 1. The highest BCUT2D eigenvalue weighted by molar-refractivity contribution is 7.92. The fourth-order valence-electron chi connectivity index (χ4n) is 1.97. The highest BCUT2D eigenvalue weighted by Gasteiger charge is 2.23. The van der Waals surface area contributed by atoms with Crippen LogP contribution in [0.25, 0.3) is 10.1 Å². The van der Waals surface area contributed by atoms with Crippen molar-refractivity contribution < 1.29 is 22.7 Å². The van der Waals surface area contributed by atoms with Crippen molar-refractivity contribution in [3.63, 3.8) is 0 Å². The van der Waals surface area contributed by atoms with E-state index in [4.69, 9.17) is 5.11 Å². The number of nitrogens with one attached hydrogen (secondary N) is 1.